The Bertz CT molecular complexity index is 420. The third kappa shape index (κ3) is 3.46. The van der Waals surface area contributed by atoms with Crippen molar-refractivity contribution in [2.75, 3.05) is 18.8 Å². The molecular formula is C14H20N2S2. The van der Waals surface area contributed by atoms with Gasteiger partial charge in [0.15, 0.2) is 0 Å². The summed E-state index contributed by atoms with van der Waals surface area (Å²) in [7, 11) is 0. The average Bonchev–Trinajstić information content (AvgIpc) is 2.39. The molecule has 4 heteroatoms. The van der Waals surface area contributed by atoms with Gasteiger partial charge >= 0.3 is 0 Å². The van der Waals surface area contributed by atoms with Gasteiger partial charge in [-0.25, -0.2) is 0 Å². The standard InChI is InChI=1S/C14H20N2S2/c1-2-12-10-16(7-8-18-12)9-11-5-3-4-6-13(11)14(15)17/h3-6,12H,2,7-10H2,1H3,(H2,15,17). The molecule has 98 valence electrons. The summed E-state index contributed by atoms with van der Waals surface area (Å²) >= 11 is 7.21. The fourth-order valence-electron chi connectivity index (χ4n) is 2.31. The quantitative estimate of drug-likeness (QED) is 0.859. The van der Waals surface area contributed by atoms with Crippen molar-refractivity contribution >= 4 is 29.0 Å². The summed E-state index contributed by atoms with van der Waals surface area (Å²) in [6.07, 6.45) is 1.25. The fourth-order valence-corrected chi connectivity index (χ4v) is 3.76. The first-order valence-corrected chi connectivity index (χ1v) is 7.88. The van der Waals surface area contributed by atoms with Crippen LogP contribution in [-0.4, -0.2) is 34.0 Å². The largest absolute Gasteiger partial charge is 0.389 e. The summed E-state index contributed by atoms with van der Waals surface area (Å²) < 4.78 is 0. The minimum atomic E-state index is 0.504. The third-order valence-corrected chi connectivity index (χ3v) is 4.95. The van der Waals surface area contributed by atoms with Crippen molar-refractivity contribution in [2.45, 2.75) is 25.1 Å². The first-order chi connectivity index (χ1) is 8.70. The van der Waals surface area contributed by atoms with Crippen molar-refractivity contribution < 1.29 is 0 Å². The van der Waals surface area contributed by atoms with Gasteiger partial charge in [0.05, 0.1) is 0 Å². The molecule has 2 rings (SSSR count). The Balaban J connectivity index is 2.07. The molecule has 1 aromatic carbocycles. The monoisotopic (exact) mass is 280 g/mol. The zero-order valence-corrected chi connectivity index (χ0v) is 12.4. The van der Waals surface area contributed by atoms with Gasteiger partial charge in [0.2, 0.25) is 0 Å². The van der Waals surface area contributed by atoms with Crippen molar-refractivity contribution in [1.82, 2.24) is 4.90 Å². The molecule has 0 amide bonds. The van der Waals surface area contributed by atoms with Crippen LogP contribution in [0.5, 0.6) is 0 Å². The number of rotatable bonds is 4. The van der Waals surface area contributed by atoms with Crippen LogP contribution in [0.25, 0.3) is 0 Å². The number of nitrogens with two attached hydrogens (primary N) is 1. The fraction of sp³-hybridized carbons (Fsp3) is 0.500. The molecule has 1 aliphatic heterocycles. The SMILES string of the molecule is CCC1CN(Cc2ccccc2C(N)=S)CCS1. The maximum absolute atomic E-state index is 5.78. The van der Waals surface area contributed by atoms with E-state index in [1.54, 1.807) is 0 Å². The molecule has 1 saturated heterocycles. The molecule has 1 aliphatic rings. The molecule has 0 spiro atoms. The number of benzene rings is 1. The molecule has 0 aliphatic carbocycles. The number of hydrogen-bond donors (Lipinski definition) is 1. The number of hydrogen-bond acceptors (Lipinski definition) is 3. The minimum absolute atomic E-state index is 0.504. The van der Waals surface area contributed by atoms with Crippen molar-refractivity contribution in [2.24, 2.45) is 5.73 Å². The van der Waals surface area contributed by atoms with E-state index in [0.29, 0.717) is 4.99 Å². The zero-order valence-electron chi connectivity index (χ0n) is 10.8. The van der Waals surface area contributed by atoms with E-state index >= 15 is 0 Å². The van der Waals surface area contributed by atoms with Gasteiger partial charge < -0.3 is 5.73 Å². The van der Waals surface area contributed by atoms with E-state index in [2.05, 4.69) is 35.7 Å². The Hall–Kier alpha value is -0.580. The Kier molecular flexibility index (Phi) is 5.03. The molecule has 1 fully saturated rings. The highest BCUT2D eigenvalue weighted by Crippen LogP contribution is 2.23. The molecule has 2 N–H and O–H groups in total. The Morgan fingerprint density at radius 2 is 2.28 bits per heavy atom. The molecule has 1 atom stereocenters. The van der Waals surface area contributed by atoms with E-state index in [9.17, 15) is 0 Å². The van der Waals surface area contributed by atoms with Crippen LogP contribution < -0.4 is 5.73 Å². The summed E-state index contributed by atoms with van der Waals surface area (Å²) in [6, 6.07) is 8.22. The summed E-state index contributed by atoms with van der Waals surface area (Å²) in [5.41, 5.74) is 8.06. The highest BCUT2D eigenvalue weighted by molar-refractivity contribution is 8.00. The lowest BCUT2D eigenvalue weighted by Crippen LogP contribution is -2.37. The van der Waals surface area contributed by atoms with Gasteiger partial charge in [-0.2, -0.15) is 11.8 Å². The molecule has 2 nitrogen and oxygen atoms in total. The van der Waals surface area contributed by atoms with Gasteiger partial charge in [0, 0.05) is 36.2 Å². The van der Waals surface area contributed by atoms with Crippen molar-refractivity contribution in [3.63, 3.8) is 0 Å². The smallest absolute Gasteiger partial charge is 0.104 e. The van der Waals surface area contributed by atoms with Crippen molar-refractivity contribution in [1.29, 1.82) is 0 Å². The molecule has 1 heterocycles. The van der Waals surface area contributed by atoms with E-state index in [4.69, 9.17) is 18.0 Å². The van der Waals surface area contributed by atoms with E-state index in [0.717, 1.165) is 23.9 Å². The normalized spacial score (nSPS) is 20.8. The zero-order chi connectivity index (χ0) is 13.0. The topological polar surface area (TPSA) is 29.3 Å². The minimum Gasteiger partial charge on any atom is -0.389 e. The number of thioether (sulfide) groups is 1. The second-order valence-electron chi connectivity index (χ2n) is 4.66. The molecular weight excluding hydrogens is 260 g/mol. The lowest BCUT2D eigenvalue weighted by molar-refractivity contribution is 0.273. The van der Waals surface area contributed by atoms with Gasteiger partial charge in [-0.05, 0) is 12.0 Å². The third-order valence-electron chi connectivity index (χ3n) is 3.36. The van der Waals surface area contributed by atoms with E-state index in [1.165, 1.54) is 24.3 Å². The molecule has 0 bridgehead atoms. The van der Waals surface area contributed by atoms with Crippen LogP contribution in [0.2, 0.25) is 0 Å². The number of nitrogens with zero attached hydrogens (tertiary/aromatic N) is 1. The predicted octanol–water partition coefficient (Wildman–Crippen LogP) is 2.65. The Morgan fingerprint density at radius 3 is 3.00 bits per heavy atom. The van der Waals surface area contributed by atoms with Crippen LogP contribution in [0.15, 0.2) is 24.3 Å². The lowest BCUT2D eigenvalue weighted by Gasteiger charge is -2.32. The highest BCUT2D eigenvalue weighted by Gasteiger charge is 2.19. The second kappa shape index (κ2) is 6.55. The Morgan fingerprint density at radius 1 is 1.50 bits per heavy atom. The number of thiocarbonyl (C=S) groups is 1. The summed E-state index contributed by atoms with van der Waals surface area (Å²) in [5, 5.41) is 0.774. The molecule has 18 heavy (non-hydrogen) atoms. The van der Waals surface area contributed by atoms with Gasteiger partial charge in [-0.15, -0.1) is 0 Å². The molecule has 1 aromatic rings. The van der Waals surface area contributed by atoms with Gasteiger partial charge in [0.25, 0.3) is 0 Å². The van der Waals surface area contributed by atoms with E-state index < -0.39 is 0 Å². The molecule has 0 saturated carbocycles. The van der Waals surface area contributed by atoms with Crippen LogP contribution in [0.1, 0.15) is 24.5 Å². The second-order valence-corrected chi connectivity index (χ2v) is 6.51. The summed E-state index contributed by atoms with van der Waals surface area (Å²) in [6.45, 7) is 5.56. The molecule has 0 aromatic heterocycles. The van der Waals surface area contributed by atoms with Crippen LogP contribution in [0.3, 0.4) is 0 Å². The lowest BCUT2D eigenvalue weighted by atomic mass is 10.1. The Labute approximate surface area is 119 Å². The van der Waals surface area contributed by atoms with Crippen LogP contribution >= 0.6 is 24.0 Å². The summed E-state index contributed by atoms with van der Waals surface area (Å²) in [4.78, 5) is 3.02. The van der Waals surface area contributed by atoms with Gasteiger partial charge in [-0.1, -0.05) is 43.4 Å². The molecule has 1 unspecified atom stereocenters. The molecule has 0 radical (unpaired) electrons. The van der Waals surface area contributed by atoms with Gasteiger partial charge in [-0.3, -0.25) is 4.90 Å². The first kappa shape index (κ1) is 13.8. The maximum Gasteiger partial charge on any atom is 0.104 e. The average molecular weight is 280 g/mol. The van der Waals surface area contributed by atoms with Crippen molar-refractivity contribution in [3.05, 3.63) is 35.4 Å². The van der Waals surface area contributed by atoms with Crippen molar-refractivity contribution in [3.8, 4) is 0 Å². The van der Waals surface area contributed by atoms with Gasteiger partial charge in [0.1, 0.15) is 4.99 Å². The predicted molar refractivity (Wildman–Crippen MR) is 84.1 cm³/mol. The van der Waals surface area contributed by atoms with Crippen LogP contribution in [0.4, 0.5) is 0 Å². The summed E-state index contributed by atoms with van der Waals surface area (Å²) in [5.74, 6) is 1.23. The van der Waals surface area contributed by atoms with Crippen LogP contribution in [0, 0.1) is 0 Å². The first-order valence-electron chi connectivity index (χ1n) is 6.42. The van der Waals surface area contributed by atoms with E-state index in [1.807, 2.05) is 12.1 Å². The van der Waals surface area contributed by atoms with E-state index in [-0.39, 0.29) is 0 Å². The maximum atomic E-state index is 5.78. The van der Waals surface area contributed by atoms with Crippen LogP contribution in [-0.2, 0) is 6.54 Å². The highest BCUT2D eigenvalue weighted by atomic mass is 32.2.